The molecule has 0 saturated heterocycles. The number of carbonyl (C=O) groups excluding carboxylic acids is 1. The lowest BCUT2D eigenvalue weighted by molar-refractivity contribution is -0.151. The summed E-state index contributed by atoms with van der Waals surface area (Å²) in [6.07, 6.45) is 11.2. The molecule has 3 aromatic carbocycles. The number of benzene rings is 3. The summed E-state index contributed by atoms with van der Waals surface area (Å²) in [5, 5.41) is 0. The molecule has 0 aliphatic carbocycles. The van der Waals surface area contributed by atoms with E-state index in [0.29, 0.717) is 19.0 Å². The maximum absolute atomic E-state index is 12.2. The molecular weight excluding hydrogens is 512 g/mol. The number of esters is 1. The fraction of sp³-hybridized carbons (Fsp3) is 0.472. The minimum Gasteiger partial charge on any atom is -0.494 e. The molecule has 5 nitrogen and oxygen atoms in total. The van der Waals surface area contributed by atoms with E-state index in [1.807, 2.05) is 48.5 Å². The standard InChI is InChI=1S/C36H48O5/c1-4-6-8-10-11-13-26-38-33-22-24-34(25-23-33)40-28-30-14-16-31(17-15-30)32-18-20-35(21-19-32)41-29(3)36(37)39-27-12-9-7-5-2/h14-25,29H,4-13,26-28H2,1-3H3. The first-order chi connectivity index (χ1) is 20.1. The molecule has 3 rings (SSSR count). The lowest BCUT2D eigenvalue weighted by atomic mass is 10.0. The van der Waals surface area contributed by atoms with Gasteiger partial charge in [0.05, 0.1) is 13.2 Å². The van der Waals surface area contributed by atoms with Crippen molar-refractivity contribution in [1.29, 1.82) is 0 Å². The van der Waals surface area contributed by atoms with Gasteiger partial charge in [0, 0.05) is 0 Å². The molecule has 3 aromatic rings. The van der Waals surface area contributed by atoms with E-state index in [1.54, 1.807) is 6.92 Å². The largest absolute Gasteiger partial charge is 0.494 e. The van der Waals surface area contributed by atoms with E-state index < -0.39 is 6.10 Å². The summed E-state index contributed by atoms with van der Waals surface area (Å²) in [5.74, 6) is 2.04. The first-order valence-corrected chi connectivity index (χ1v) is 15.5. The number of carbonyl (C=O) groups is 1. The van der Waals surface area contributed by atoms with Crippen LogP contribution in [0.4, 0.5) is 0 Å². The Labute approximate surface area is 247 Å². The fourth-order valence-electron chi connectivity index (χ4n) is 4.46. The van der Waals surface area contributed by atoms with Crippen molar-refractivity contribution >= 4 is 5.97 Å². The Kier molecular flexibility index (Phi) is 14.7. The highest BCUT2D eigenvalue weighted by molar-refractivity contribution is 5.74. The summed E-state index contributed by atoms with van der Waals surface area (Å²) in [4.78, 5) is 12.2. The van der Waals surface area contributed by atoms with Gasteiger partial charge in [-0.3, -0.25) is 0 Å². The van der Waals surface area contributed by atoms with Crippen LogP contribution in [-0.2, 0) is 16.1 Å². The highest BCUT2D eigenvalue weighted by Gasteiger charge is 2.16. The predicted molar refractivity (Wildman–Crippen MR) is 167 cm³/mol. The maximum atomic E-state index is 12.2. The van der Waals surface area contributed by atoms with Gasteiger partial charge in [0.25, 0.3) is 0 Å². The van der Waals surface area contributed by atoms with Crippen LogP contribution in [0.25, 0.3) is 11.1 Å². The molecule has 1 atom stereocenters. The molecule has 0 fully saturated rings. The summed E-state index contributed by atoms with van der Waals surface area (Å²) >= 11 is 0. The van der Waals surface area contributed by atoms with Gasteiger partial charge < -0.3 is 18.9 Å². The average molecular weight is 561 g/mol. The second-order valence-corrected chi connectivity index (χ2v) is 10.6. The normalized spacial score (nSPS) is 11.6. The minimum absolute atomic E-state index is 0.323. The third-order valence-corrected chi connectivity index (χ3v) is 7.02. The molecule has 41 heavy (non-hydrogen) atoms. The Morgan fingerprint density at radius 3 is 1.71 bits per heavy atom. The van der Waals surface area contributed by atoms with Crippen LogP contribution in [0.2, 0.25) is 0 Å². The van der Waals surface area contributed by atoms with Gasteiger partial charge in [0.1, 0.15) is 23.9 Å². The van der Waals surface area contributed by atoms with Crippen molar-refractivity contribution in [2.45, 2.75) is 97.7 Å². The number of unbranched alkanes of at least 4 members (excludes halogenated alkanes) is 8. The molecule has 0 bridgehead atoms. The van der Waals surface area contributed by atoms with Crippen molar-refractivity contribution in [3.8, 4) is 28.4 Å². The van der Waals surface area contributed by atoms with Gasteiger partial charge in [-0.2, -0.15) is 0 Å². The number of rotatable bonds is 20. The molecule has 0 aromatic heterocycles. The highest BCUT2D eigenvalue weighted by atomic mass is 16.6. The second kappa shape index (κ2) is 18.8. The van der Waals surface area contributed by atoms with Crippen LogP contribution in [0.3, 0.4) is 0 Å². The average Bonchev–Trinajstić information content (AvgIpc) is 3.00. The summed E-state index contributed by atoms with van der Waals surface area (Å²) in [7, 11) is 0. The lowest BCUT2D eigenvalue weighted by Crippen LogP contribution is -2.26. The molecule has 0 aliphatic rings. The van der Waals surface area contributed by atoms with E-state index in [2.05, 4.69) is 38.1 Å². The zero-order chi connectivity index (χ0) is 29.1. The zero-order valence-corrected chi connectivity index (χ0v) is 25.2. The van der Waals surface area contributed by atoms with Gasteiger partial charge in [-0.15, -0.1) is 0 Å². The predicted octanol–water partition coefficient (Wildman–Crippen LogP) is 9.56. The SMILES string of the molecule is CCCCCCCCOc1ccc(OCc2ccc(-c3ccc(OC(C)C(=O)OCCCCCC)cc3)cc2)cc1. The Morgan fingerprint density at radius 2 is 1.07 bits per heavy atom. The first kappa shape index (κ1) is 32.0. The van der Waals surface area contributed by atoms with Crippen molar-refractivity contribution in [2.75, 3.05) is 13.2 Å². The Hall–Kier alpha value is -3.47. The van der Waals surface area contributed by atoms with Gasteiger partial charge in [-0.1, -0.05) is 102 Å². The van der Waals surface area contributed by atoms with E-state index in [-0.39, 0.29) is 5.97 Å². The van der Waals surface area contributed by atoms with E-state index >= 15 is 0 Å². The monoisotopic (exact) mass is 560 g/mol. The highest BCUT2D eigenvalue weighted by Crippen LogP contribution is 2.24. The third kappa shape index (κ3) is 12.3. The van der Waals surface area contributed by atoms with Crippen LogP contribution >= 0.6 is 0 Å². The lowest BCUT2D eigenvalue weighted by Gasteiger charge is -2.14. The van der Waals surface area contributed by atoms with Crippen LogP contribution in [0.15, 0.2) is 72.8 Å². The van der Waals surface area contributed by atoms with Gasteiger partial charge in [-0.25, -0.2) is 4.79 Å². The summed E-state index contributed by atoms with van der Waals surface area (Å²) in [5.41, 5.74) is 3.28. The third-order valence-electron chi connectivity index (χ3n) is 7.02. The Morgan fingerprint density at radius 1 is 0.585 bits per heavy atom. The molecular formula is C36H48O5. The van der Waals surface area contributed by atoms with Crippen LogP contribution in [0, 0.1) is 0 Å². The summed E-state index contributed by atoms with van der Waals surface area (Å²) in [6.45, 7) is 7.84. The molecule has 222 valence electrons. The first-order valence-electron chi connectivity index (χ1n) is 15.5. The molecule has 0 spiro atoms. The minimum atomic E-state index is -0.639. The van der Waals surface area contributed by atoms with E-state index in [4.69, 9.17) is 18.9 Å². The van der Waals surface area contributed by atoms with Crippen LogP contribution in [-0.4, -0.2) is 25.3 Å². The van der Waals surface area contributed by atoms with Crippen molar-refractivity contribution in [1.82, 2.24) is 0 Å². The van der Waals surface area contributed by atoms with E-state index in [1.165, 1.54) is 32.1 Å². The molecule has 0 amide bonds. The number of hydrogen-bond acceptors (Lipinski definition) is 5. The molecule has 0 aliphatic heterocycles. The van der Waals surface area contributed by atoms with Crippen molar-refractivity contribution in [3.05, 3.63) is 78.4 Å². The number of hydrogen-bond donors (Lipinski definition) is 0. The van der Waals surface area contributed by atoms with Crippen molar-refractivity contribution < 1.29 is 23.7 Å². The van der Waals surface area contributed by atoms with Crippen molar-refractivity contribution in [2.24, 2.45) is 0 Å². The fourth-order valence-corrected chi connectivity index (χ4v) is 4.46. The molecule has 5 heteroatoms. The van der Waals surface area contributed by atoms with Crippen LogP contribution in [0.5, 0.6) is 17.2 Å². The van der Waals surface area contributed by atoms with Gasteiger partial charge >= 0.3 is 5.97 Å². The van der Waals surface area contributed by atoms with E-state index in [9.17, 15) is 4.79 Å². The Balaban J connectivity index is 1.38. The maximum Gasteiger partial charge on any atom is 0.347 e. The van der Waals surface area contributed by atoms with Gasteiger partial charge in [-0.05, 0) is 72.9 Å². The molecule has 0 N–H and O–H groups in total. The van der Waals surface area contributed by atoms with Crippen LogP contribution in [0.1, 0.15) is 90.5 Å². The molecule has 1 unspecified atom stereocenters. The molecule has 0 radical (unpaired) electrons. The van der Waals surface area contributed by atoms with Crippen LogP contribution < -0.4 is 14.2 Å². The number of ether oxygens (including phenoxy) is 4. The van der Waals surface area contributed by atoms with Gasteiger partial charge in [0.2, 0.25) is 0 Å². The van der Waals surface area contributed by atoms with Gasteiger partial charge in [0.15, 0.2) is 6.10 Å². The summed E-state index contributed by atoms with van der Waals surface area (Å²) < 4.78 is 23.0. The topological polar surface area (TPSA) is 54.0 Å². The summed E-state index contributed by atoms with van der Waals surface area (Å²) in [6, 6.07) is 24.0. The van der Waals surface area contributed by atoms with E-state index in [0.717, 1.165) is 66.9 Å². The smallest absolute Gasteiger partial charge is 0.347 e. The molecule has 0 heterocycles. The molecule has 0 saturated carbocycles. The Bertz CT molecular complexity index is 1110. The van der Waals surface area contributed by atoms with Crippen molar-refractivity contribution in [3.63, 3.8) is 0 Å². The quantitative estimate of drug-likeness (QED) is 0.102. The second-order valence-electron chi connectivity index (χ2n) is 10.6. The zero-order valence-electron chi connectivity index (χ0n) is 25.2.